The molecule has 9 heteroatoms. The number of hydroxylamine groups is 3. The van der Waals surface area contributed by atoms with Crippen LogP contribution < -0.4 is 5.32 Å². The largest absolute Gasteiger partial charge is 0.632 e. The van der Waals surface area contributed by atoms with Crippen molar-refractivity contribution in [2.24, 2.45) is 0 Å². The van der Waals surface area contributed by atoms with Crippen molar-refractivity contribution >= 4 is 28.2 Å². The first-order valence-electron chi connectivity index (χ1n) is 11.9. The zero-order valence-corrected chi connectivity index (χ0v) is 19.9. The predicted octanol–water partition coefficient (Wildman–Crippen LogP) is 5.97. The van der Waals surface area contributed by atoms with E-state index in [-0.39, 0.29) is 16.1 Å². The second-order valence-electron chi connectivity index (χ2n) is 9.23. The SMILES string of the molecule is O=C(c1ccc(Nc2ccnc3cc(C(F)(F)F)ccc23)cc1)N1CC[N+]([O-])(Cc2ccccc2)CC1. The molecule has 1 fully saturated rings. The van der Waals surface area contributed by atoms with E-state index < -0.39 is 11.7 Å². The van der Waals surface area contributed by atoms with Crippen molar-refractivity contribution in [3.8, 4) is 0 Å². The first-order valence-corrected chi connectivity index (χ1v) is 11.9. The molecule has 2 heterocycles. The van der Waals surface area contributed by atoms with Gasteiger partial charge in [0.15, 0.2) is 0 Å². The van der Waals surface area contributed by atoms with E-state index in [4.69, 9.17) is 0 Å². The van der Waals surface area contributed by atoms with Crippen molar-refractivity contribution in [3.63, 3.8) is 0 Å². The second-order valence-corrected chi connectivity index (χ2v) is 9.23. The summed E-state index contributed by atoms with van der Waals surface area (Å²) in [5.74, 6) is -0.133. The smallest absolute Gasteiger partial charge is 0.416 e. The van der Waals surface area contributed by atoms with E-state index in [1.165, 1.54) is 12.3 Å². The molecule has 6 nitrogen and oxygen atoms in total. The summed E-state index contributed by atoms with van der Waals surface area (Å²) in [5.41, 5.74) is 2.27. The maximum atomic E-state index is 13.1. The van der Waals surface area contributed by atoms with E-state index >= 15 is 0 Å². The van der Waals surface area contributed by atoms with Crippen LogP contribution in [-0.2, 0) is 12.7 Å². The molecule has 0 spiro atoms. The fourth-order valence-electron chi connectivity index (χ4n) is 4.57. The Bertz CT molecular complexity index is 1400. The molecule has 5 rings (SSSR count). The van der Waals surface area contributed by atoms with Crippen molar-refractivity contribution in [1.82, 2.24) is 9.88 Å². The Morgan fingerprint density at radius 3 is 2.35 bits per heavy atom. The molecule has 1 aliphatic rings. The van der Waals surface area contributed by atoms with Crippen molar-refractivity contribution < 1.29 is 22.6 Å². The molecule has 1 N–H and O–H groups in total. The van der Waals surface area contributed by atoms with Gasteiger partial charge in [-0.1, -0.05) is 36.4 Å². The first-order chi connectivity index (χ1) is 17.7. The lowest BCUT2D eigenvalue weighted by molar-refractivity contribution is -0.897. The Labute approximate surface area is 212 Å². The van der Waals surface area contributed by atoms with Gasteiger partial charge in [-0.3, -0.25) is 9.78 Å². The number of nitrogens with zero attached hydrogens (tertiary/aromatic N) is 3. The average molecular weight is 507 g/mol. The van der Waals surface area contributed by atoms with Gasteiger partial charge >= 0.3 is 6.18 Å². The van der Waals surface area contributed by atoms with Crippen molar-refractivity contribution in [2.75, 3.05) is 31.5 Å². The zero-order chi connectivity index (χ0) is 26.0. The van der Waals surface area contributed by atoms with E-state index in [0.29, 0.717) is 55.0 Å². The summed E-state index contributed by atoms with van der Waals surface area (Å²) in [7, 11) is 0. The summed E-state index contributed by atoms with van der Waals surface area (Å²) in [6.07, 6.45) is -2.99. The van der Waals surface area contributed by atoms with Crippen LogP contribution in [0.2, 0.25) is 0 Å². The number of hydrogen-bond acceptors (Lipinski definition) is 4. The molecule has 0 radical (unpaired) electrons. The number of carbonyl (C=O) groups is 1. The van der Waals surface area contributed by atoms with E-state index in [0.717, 1.165) is 17.7 Å². The quantitative estimate of drug-likeness (QED) is 0.268. The maximum absolute atomic E-state index is 13.1. The first kappa shape index (κ1) is 24.7. The minimum Gasteiger partial charge on any atom is -0.632 e. The number of piperazine rings is 1. The molecular formula is C28H25F3N4O2. The van der Waals surface area contributed by atoms with E-state index in [1.807, 2.05) is 30.3 Å². The third kappa shape index (κ3) is 5.58. The minimum atomic E-state index is -4.44. The highest BCUT2D eigenvalue weighted by Crippen LogP contribution is 2.33. The van der Waals surface area contributed by atoms with Gasteiger partial charge in [-0.05, 0) is 42.5 Å². The number of rotatable bonds is 5. The van der Waals surface area contributed by atoms with Crippen LogP contribution in [0.25, 0.3) is 10.9 Å². The van der Waals surface area contributed by atoms with Crippen LogP contribution in [-0.4, -0.2) is 46.6 Å². The highest BCUT2D eigenvalue weighted by atomic mass is 19.4. The molecule has 190 valence electrons. The summed E-state index contributed by atoms with van der Waals surface area (Å²) >= 11 is 0. The van der Waals surface area contributed by atoms with Gasteiger partial charge in [0, 0.05) is 34.1 Å². The summed E-state index contributed by atoms with van der Waals surface area (Å²) in [6, 6.07) is 21.7. The van der Waals surface area contributed by atoms with Gasteiger partial charge < -0.3 is 20.1 Å². The number of aromatic nitrogens is 1. The van der Waals surface area contributed by atoms with Gasteiger partial charge in [-0.25, -0.2) is 0 Å². The molecule has 4 aromatic rings. The van der Waals surface area contributed by atoms with Gasteiger partial charge in [-0.15, -0.1) is 0 Å². The number of nitrogens with one attached hydrogen (secondary N) is 1. The van der Waals surface area contributed by atoms with Crippen molar-refractivity contribution in [3.05, 3.63) is 107 Å². The number of hydrogen-bond donors (Lipinski definition) is 1. The molecule has 0 saturated carbocycles. The number of carbonyl (C=O) groups excluding carboxylic acids is 1. The third-order valence-corrected chi connectivity index (χ3v) is 6.64. The maximum Gasteiger partial charge on any atom is 0.416 e. The standard InChI is InChI=1S/C28H25F3N4O2/c29-28(30,31)22-8-11-24-25(12-13-32-26(24)18-22)33-23-9-6-21(7-10-23)27(36)34-14-16-35(37,17-15-34)19-20-4-2-1-3-5-20/h1-13,18H,14-17,19H2,(H,32,33). The number of pyridine rings is 1. The van der Waals surface area contributed by atoms with Crippen LogP contribution in [0.3, 0.4) is 0 Å². The fourth-order valence-corrected chi connectivity index (χ4v) is 4.57. The van der Waals surface area contributed by atoms with Crippen molar-refractivity contribution in [1.29, 1.82) is 0 Å². The number of anilines is 2. The molecular weight excluding hydrogens is 481 g/mol. The van der Waals surface area contributed by atoms with Crippen LogP contribution in [0.1, 0.15) is 21.5 Å². The monoisotopic (exact) mass is 506 g/mol. The molecule has 1 aliphatic heterocycles. The molecule has 0 unspecified atom stereocenters. The topological polar surface area (TPSA) is 68.3 Å². The molecule has 1 aromatic heterocycles. The number of fused-ring (bicyclic) bond motifs is 1. The normalized spacial score (nSPS) is 15.5. The van der Waals surface area contributed by atoms with E-state index in [1.54, 1.807) is 35.2 Å². The number of alkyl halides is 3. The fraction of sp³-hybridized carbons (Fsp3) is 0.214. The minimum absolute atomic E-state index is 0.133. The Balaban J connectivity index is 1.23. The second kappa shape index (κ2) is 9.84. The summed E-state index contributed by atoms with van der Waals surface area (Å²) < 4.78 is 38.8. The van der Waals surface area contributed by atoms with Gasteiger partial charge in [0.1, 0.15) is 6.54 Å². The molecule has 1 amide bonds. The highest BCUT2D eigenvalue weighted by molar-refractivity contribution is 5.96. The summed E-state index contributed by atoms with van der Waals surface area (Å²) in [5, 5.41) is 16.9. The molecule has 0 atom stereocenters. The Hall–Kier alpha value is -3.95. The van der Waals surface area contributed by atoms with Crippen LogP contribution in [0, 0.1) is 5.21 Å². The van der Waals surface area contributed by atoms with E-state index in [2.05, 4.69) is 10.3 Å². The molecule has 37 heavy (non-hydrogen) atoms. The predicted molar refractivity (Wildman–Crippen MR) is 136 cm³/mol. The lowest BCUT2D eigenvalue weighted by Gasteiger charge is -2.48. The number of benzene rings is 3. The molecule has 1 saturated heterocycles. The lowest BCUT2D eigenvalue weighted by atomic mass is 10.1. The Morgan fingerprint density at radius 2 is 1.68 bits per heavy atom. The zero-order valence-electron chi connectivity index (χ0n) is 19.9. The van der Waals surface area contributed by atoms with Gasteiger partial charge in [0.2, 0.25) is 0 Å². The Morgan fingerprint density at radius 1 is 0.973 bits per heavy atom. The van der Waals surface area contributed by atoms with Crippen LogP contribution >= 0.6 is 0 Å². The van der Waals surface area contributed by atoms with E-state index in [9.17, 15) is 23.2 Å². The number of halogens is 3. The summed E-state index contributed by atoms with van der Waals surface area (Å²) in [4.78, 5) is 18.8. The average Bonchev–Trinajstić information content (AvgIpc) is 2.89. The molecule has 3 aromatic carbocycles. The number of quaternary nitrogens is 1. The van der Waals surface area contributed by atoms with Gasteiger partial charge in [0.05, 0.1) is 37.3 Å². The third-order valence-electron chi connectivity index (χ3n) is 6.64. The Kier molecular flexibility index (Phi) is 6.57. The number of amides is 1. The highest BCUT2D eigenvalue weighted by Gasteiger charge is 2.31. The van der Waals surface area contributed by atoms with Crippen LogP contribution in [0.5, 0.6) is 0 Å². The van der Waals surface area contributed by atoms with Crippen LogP contribution in [0.4, 0.5) is 24.5 Å². The summed E-state index contributed by atoms with van der Waals surface area (Å²) in [6.45, 7) is 1.84. The van der Waals surface area contributed by atoms with Gasteiger partial charge in [-0.2, -0.15) is 13.2 Å². The van der Waals surface area contributed by atoms with Crippen molar-refractivity contribution in [2.45, 2.75) is 12.7 Å². The molecule has 0 bridgehead atoms. The van der Waals surface area contributed by atoms with Gasteiger partial charge in [0.25, 0.3) is 5.91 Å². The lowest BCUT2D eigenvalue weighted by Crippen LogP contribution is -2.56. The van der Waals surface area contributed by atoms with Crippen LogP contribution in [0.15, 0.2) is 85.1 Å². The molecule has 0 aliphatic carbocycles.